The molecule has 0 radical (unpaired) electrons. The lowest BCUT2D eigenvalue weighted by atomic mass is 9.48. The molecule has 7 heterocycles. The molecule has 15 nitrogen and oxygen atoms in total. The molecular weight excluding hydrogens is 809 g/mol. The number of rotatable bonds is 8. The van der Waals surface area contributed by atoms with Crippen LogP contribution in [0.1, 0.15) is 74.5 Å². The Kier molecular flexibility index (Phi) is 9.58. The summed E-state index contributed by atoms with van der Waals surface area (Å²) in [5.74, 6) is -2.83. The molecule has 15 heteroatoms. The average Bonchev–Trinajstić information content (AvgIpc) is 3.53. The van der Waals surface area contributed by atoms with Crippen LogP contribution >= 0.6 is 0 Å². The van der Waals surface area contributed by atoms with Crippen LogP contribution in [0.3, 0.4) is 0 Å². The number of aromatic amines is 1. The number of ether oxygens (including phenoxy) is 6. The van der Waals surface area contributed by atoms with E-state index in [-0.39, 0.29) is 12.0 Å². The van der Waals surface area contributed by atoms with Gasteiger partial charge in [0.25, 0.3) is 5.60 Å². The maximum Gasteiger partial charge on any atom is 0.347 e. The molecule has 2 bridgehead atoms. The predicted octanol–water partition coefficient (Wildman–Crippen LogP) is 3.79. The summed E-state index contributed by atoms with van der Waals surface area (Å²) in [6.45, 7) is 8.61. The van der Waals surface area contributed by atoms with Gasteiger partial charge in [-0.15, -0.1) is 0 Å². The van der Waals surface area contributed by atoms with E-state index in [1.807, 2.05) is 31.0 Å². The summed E-state index contributed by atoms with van der Waals surface area (Å²) in [7, 11) is 7.72. The number of carbonyl (C=O) groups is 4. The summed E-state index contributed by atoms with van der Waals surface area (Å²) in [5.41, 5.74) is -2.57. The Morgan fingerprint density at radius 1 is 0.984 bits per heavy atom. The van der Waals surface area contributed by atoms with E-state index in [0.717, 1.165) is 27.7 Å². The molecule has 4 saturated heterocycles. The quantitative estimate of drug-likeness (QED) is 0.170. The molecule has 10 rings (SSSR count). The zero-order valence-electron chi connectivity index (χ0n) is 37.6. The third-order valence-corrected chi connectivity index (χ3v) is 16.9. The molecule has 2 aliphatic carbocycles. The van der Waals surface area contributed by atoms with Crippen molar-refractivity contribution in [2.24, 2.45) is 22.7 Å². The van der Waals surface area contributed by atoms with Crippen molar-refractivity contribution in [2.75, 3.05) is 68.2 Å². The van der Waals surface area contributed by atoms with Gasteiger partial charge in [-0.25, -0.2) is 9.59 Å². The molecular formula is C48H60N4O11. The lowest BCUT2D eigenvalue weighted by Crippen LogP contribution is -2.73. The number of nitrogens with one attached hydrogen (secondary N) is 1. The average molecular weight is 869 g/mol. The highest BCUT2D eigenvalue weighted by molar-refractivity contribution is 5.98. The van der Waals surface area contributed by atoms with Crippen LogP contribution in [-0.4, -0.2) is 152 Å². The number of hydrogen-bond acceptors (Lipinski definition) is 14. The minimum Gasteiger partial charge on any atom is -0.468 e. The lowest BCUT2D eigenvalue weighted by molar-refractivity contribution is -0.182. The number of epoxide rings is 1. The number of H-pyrrole nitrogens is 1. The standard InChI is InChI=1S/C48H60N4O11/c1-9-43(57)23-28-24-45(41(55)60-7,37-30(14-18-51(25-28)26-43)31-20-29(38(54)59-6)12-13-34(31)49-37)33-21-32-35(22-36(33)58-5)50(4)48-46(32)16-19-52-17-11-15-44(10-2,39(46)52)40(62-27(3)53)47(48,63-48)42(56)61-8/h11-13,15,20-22,28,33,36,39-40,49,57H,9-10,14,16-19,23-26H2,1-8H3/t28-,33?,36?,39+,40-,43+,44-,45+,46-,47+,48+/m1/s1. The van der Waals surface area contributed by atoms with Gasteiger partial charge < -0.3 is 43.4 Å². The van der Waals surface area contributed by atoms with Crippen LogP contribution in [0.2, 0.25) is 0 Å². The first-order valence-electron chi connectivity index (χ1n) is 22.5. The topological polar surface area (TPSA) is 173 Å². The number of methoxy groups -OCH3 is 4. The third kappa shape index (κ3) is 5.14. The summed E-state index contributed by atoms with van der Waals surface area (Å²) < 4.78 is 36.8. The van der Waals surface area contributed by atoms with Gasteiger partial charge in [-0.1, -0.05) is 32.1 Å². The van der Waals surface area contributed by atoms with E-state index in [9.17, 15) is 19.5 Å². The van der Waals surface area contributed by atoms with Gasteiger partial charge in [0.05, 0.1) is 44.0 Å². The normalized spacial score (nSPS) is 40.7. The fraction of sp³-hybridized carbons (Fsp3) is 0.625. The Balaban J connectivity index is 1.26. The molecule has 0 amide bonds. The summed E-state index contributed by atoms with van der Waals surface area (Å²) >= 11 is 0. The van der Waals surface area contributed by atoms with Gasteiger partial charge in [-0.3, -0.25) is 19.4 Å². The maximum atomic E-state index is 15.5. The first kappa shape index (κ1) is 42.4. The van der Waals surface area contributed by atoms with Crippen molar-refractivity contribution < 1.29 is 52.7 Å². The highest BCUT2D eigenvalue weighted by Crippen LogP contribution is 2.82. The minimum absolute atomic E-state index is 0.126. The molecule has 12 atom stereocenters. The van der Waals surface area contributed by atoms with Gasteiger partial charge in [0, 0.05) is 86.9 Å². The monoisotopic (exact) mass is 868 g/mol. The van der Waals surface area contributed by atoms with Crippen LogP contribution in [0.15, 0.2) is 53.8 Å². The van der Waals surface area contributed by atoms with E-state index >= 15 is 4.79 Å². The van der Waals surface area contributed by atoms with Crippen LogP contribution in [-0.2, 0) is 54.6 Å². The number of fused-ring (bicyclic) bond motifs is 6. The van der Waals surface area contributed by atoms with Gasteiger partial charge in [0.2, 0.25) is 0 Å². The summed E-state index contributed by atoms with van der Waals surface area (Å²) in [6, 6.07) is 5.16. The number of hydrogen-bond donors (Lipinski definition) is 2. The highest BCUT2D eigenvalue weighted by atomic mass is 16.7. The molecule has 2 spiro atoms. The van der Waals surface area contributed by atoms with Crippen molar-refractivity contribution in [3.05, 3.63) is 70.6 Å². The molecule has 2 N–H and O–H groups in total. The van der Waals surface area contributed by atoms with Crippen molar-refractivity contribution in [2.45, 2.75) is 99.9 Å². The van der Waals surface area contributed by atoms with E-state index in [1.54, 1.807) is 13.2 Å². The molecule has 2 aromatic rings. The Labute approximate surface area is 367 Å². The highest BCUT2D eigenvalue weighted by Gasteiger charge is 2.99. The maximum absolute atomic E-state index is 15.5. The van der Waals surface area contributed by atoms with Gasteiger partial charge in [0.15, 0.2) is 11.8 Å². The van der Waals surface area contributed by atoms with Gasteiger partial charge in [0.1, 0.15) is 5.41 Å². The Morgan fingerprint density at radius 3 is 2.44 bits per heavy atom. The molecule has 1 saturated carbocycles. The van der Waals surface area contributed by atoms with Crippen molar-refractivity contribution in [3.63, 3.8) is 0 Å². The van der Waals surface area contributed by atoms with E-state index in [1.165, 1.54) is 28.3 Å². The molecule has 1 aromatic carbocycles. The predicted molar refractivity (Wildman–Crippen MR) is 228 cm³/mol. The Hall–Kier alpha value is -4.54. The second-order valence-corrected chi connectivity index (χ2v) is 19.4. The third-order valence-electron chi connectivity index (χ3n) is 16.9. The van der Waals surface area contributed by atoms with Crippen LogP contribution in [0.5, 0.6) is 0 Å². The summed E-state index contributed by atoms with van der Waals surface area (Å²) in [6.07, 6.45) is 9.92. The first-order chi connectivity index (χ1) is 30.1. The molecule has 3 unspecified atom stereocenters. The first-order valence-corrected chi connectivity index (χ1v) is 22.5. The number of likely N-dealkylation sites (N-methyl/N-ethyl adjacent to an activating group) is 1. The zero-order valence-corrected chi connectivity index (χ0v) is 37.6. The fourth-order valence-electron chi connectivity index (χ4n) is 14.6. The SMILES string of the molecule is CC[C@]1(O)C[C@H]2CN(CCc3c([nH]c4ccc(C(=O)OC)cc34)[C@@](C(=O)OC)(C3C=C4C(=CC3OC)N(C)[C@@]35O[C@]3(C(=O)OC)[C@H](OC(C)=O)[C@]3(CC)C=CCN6CC[C@]45[C@@H]63)C2)C1. The van der Waals surface area contributed by atoms with Crippen LogP contribution in [0.25, 0.3) is 10.9 Å². The number of esters is 4. The lowest BCUT2D eigenvalue weighted by Gasteiger charge is -2.58. The second-order valence-electron chi connectivity index (χ2n) is 19.4. The minimum atomic E-state index is -1.68. The molecule has 338 valence electrons. The number of nitrogens with zero attached hydrogens (tertiary/aromatic N) is 3. The van der Waals surface area contributed by atoms with E-state index in [2.05, 4.69) is 46.0 Å². The van der Waals surface area contributed by atoms with Crippen LogP contribution in [0.4, 0.5) is 0 Å². The summed E-state index contributed by atoms with van der Waals surface area (Å²) in [4.78, 5) is 66.8. The largest absolute Gasteiger partial charge is 0.468 e. The van der Waals surface area contributed by atoms with Gasteiger partial charge in [-0.2, -0.15) is 0 Å². The number of aliphatic hydroxyl groups is 1. The van der Waals surface area contributed by atoms with E-state index < -0.39 is 75.2 Å². The zero-order chi connectivity index (χ0) is 44.6. The number of benzene rings is 1. The molecule has 6 aliphatic heterocycles. The van der Waals surface area contributed by atoms with Gasteiger partial charge >= 0.3 is 23.9 Å². The number of carbonyl (C=O) groups excluding carboxylic acids is 4. The number of piperidine rings is 1. The van der Waals surface area contributed by atoms with Crippen molar-refractivity contribution in [1.82, 2.24) is 19.7 Å². The van der Waals surface area contributed by atoms with Crippen LogP contribution < -0.4 is 0 Å². The smallest absolute Gasteiger partial charge is 0.347 e. The molecule has 5 fully saturated rings. The Morgan fingerprint density at radius 2 is 1.76 bits per heavy atom. The molecule has 8 aliphatic rings. The van der Waals surface area contributed by atoms with Crippen molar-refractivity contribution in [3.8, 4) is 0 Å². The number of allylic oxidation sites excluding steroid dienone is 1. The second kappa shape index (κ2) is 14.2. The van der Waals surface area contributed by atoms with E-state index in [0.29, 0.717) is 82.5 Å². The van der Waals surface area contributed by atoms with Crippen molar-refractivity contribution >= 4 is 34.8 Å². The Bertz CT molecular complexity index is 2410. The number of aromatic nitrogens is 1. The van der Waals surface area contributed by atoms with Crippen LogP contribution in [0, 0.1) is 22.7 Å². The van der Waals surface area contributed by atoms with Gasteiger partial charge in [-0.05, 0) is 86.4 Å². The molecule has 1 aromatic heterocycles. The van der Waals surface area contributed by atoms with E-state index in [4.69, 9.17) is 28.4 Å². The fourth-order valence-corrected chi connectivity index (χ4v) is 14.6. The number of likely N-dealkylation sites (tertiary alicyclic amines) is 1. The van der Waals surface area contributed by atoms with Crippen molar-refractivity contribution in [1.29, 1.82) is 0 Å². The molecule has 63 heavy (non-hydrogen) atoms. The summed E-state index contributed by atoms with van der Waals surface area (Å²) in [5, 5.41) is 12.9.